The van der Waals surface area contributed by atoms with Gasteiger partial charge in [-0.3, -0.25) is 0 Å². The molecular weight excluding hydrogens is 158 g/mol. The first-order chi connectivity index (χ1) is 7.83. The maximum Gasteiger partial charge on any atom is 0.0384 e. The average Bonchev–Trinajstić information content (AvgIpc) is 2.66. The highest BCUT2D eigenvalue weighted by Gasteiger charge is 2.21. The van der Waals surface area contributed by atoms with E-state index >= 15 is 0 Å². The Labute approximate surface area is 84.6 Å². The van der Waals surface area contributed by atoms with Crippen molar-refractivity contribution in [2.75, 3.05) is 5.73 Å². The van der Waals surface area contributed by atoms with Crippen molar-refractivity contribution in [3.63, 3.8) is 0 Å². The summed E-state index contributed by atoms with van der Waals surface area (Å²) in [6.07, 6.45) is -0.456. The smallest absolute Gasteiger partial charge is 0.0384 e. The van der Waals surface area contributed by atoms with Crippen LogP contribution in [0.4, 0.5) is 5.69 Å². The Morgan fingerprint density at radius 3 is 2.15 bits per heavy atom. The molecule has 0 heterocycles. The van der Waals surface area contributed by atoms with E-state index in [1.165, 1.54) is 0 Å². The Bertz CT molecular complexity index is 465. The molecule has 0 saturated heterocycles. The summed E-state index contributed by atoms with van der Waals surface area (Å²) >= 11 is 0. The third-order valence-electron chi connectivity index (χ3n) is 2.92. The molecule has 0 atom stereocenters. The maximum absolute atomic E-state index is 7.97. The predicted molar refractivity (Wildman–Crippen MR) is 54.9 cm³/mol. The van der Waals surface area contributed by atoms with Gasteiger partial charge in [0.15, 0.2) is 0 Å². The fourth-order valence-corrected chi connectivity index (χ4v) is 2.28. The van der Waals surface area contributed by atoms with Crippen LogP contribution < -0.4 is 5.73 Å². The summed E-state index contributed by atoms with van der Waals surface area (Å²) in [5.41, 5.74) is 9.46. The molecule has 2 N–H and O–H groups in total. The number of hydrogen-bond donors (Lipinski definition) is 1. The third-order valence-corrected chi connectivity index (χ3v) is 2.92. The number of hydrogen-bond acceptors (Lipinski definition) is 1. The summed E-state index contributed by atoms with van der Waals surface area (Å²) in [6, 6.07) is 1.97. The second-order valence-electron chi connectivity index (χ2n) is 3.71. The molecular formula is C12H15N. The monoisotopic (exact) mass is 177 g/mol. The minimum atomic E-state index is -1.40. The Hall–Kier alpha value is -0.980. The average molecular weight is 177 g/mol. The van der Waals surface area contributed by atoms with Gasteiger partial charge >= 0.3 is 0 Å². The lowest BCUT2D eigenvalue weighted by Gasteiger charge is -2.10. The van der Waals surface area contributed by atoms with Crippen LogP contribution in [-0.4, -0.2) is 0 Å². The summed E-state index contributed by atoms with van der Waals surface area (Å²) in [7, 11) is 0. The van der Waals surface area contributed by atoms with Crippen molar-refractivity contribution in [3.05, 3.63) is 28.3 Å². The largest absolute Gasteiger partial charge is 0.398 e. The standard InChI is InChI=1S/C12H15N/c13-12-10-5-1-3-8(10)7-9-4-2-6-11(9)12/h7H,1-6,13H2/i5D2,6D2. The molecule has 13 heavy (non-hydrogen) atoms. The summed E-state index contributed by atoms with van der Waals surface area (Å²) in [5, 5.41) is 0. The number of benzene rings is 1. The number of anilines is 1. The summed E-state index contributed by atoms with van der Waals surface area (Å²) in [6.45, 7) is 0. The topological polar surface area (TPSA) is 26.0 Å². The predicted octanol–water partition coefficient (Wildman–Crippen LogP) is 2.25. The Morgan fingerprint density at radius 1 is 1.08 bits per heavy atom. The van der Waals surface area contributed by atoms with Gasteiger partial charge in [0.25, 0.3) is 0 Å². The quantitative estimate of drug-likeness (QED) is 0.604. The molecule has 2 aliphatic carbocycles. The maximum atomic E-state index is 7.97. The van der Waals surface area contributed by atoms with Gasteiger partial charge in [0.05, 0.1) is 0 Å². The van der Waals surface area contributed by atoms with E-state index in [0.717, 1.165) is 11.1 Å². The highest BCUT2D eigenvalue weighted by Crippen LogP contribution is 2.36. The van der Waals surface area contributed by atoms with Crippen LogP contribution in [0.3, 0.4) is 0 Å². The Balaban J connectivity index is 2.30. The molecule has 0 fully saturated rings. The first kappa shape index (κ1) is 4.50. The van der Waals surface area contributed by atoms with Gasteiger partial charge in [-0.25, -0.2) is 0 Å². The lowest BCUT2D eigenvalue weighted by molar-refractivity contribution is 0.898. The molecule has 0 aliphatic heterocycles. The zero-order chi connectivity index (χ0) is 12.4. The van der Waals surface area contributed by atoms with Gasteiger partial charge in [-0.15, -0.1) is 0 Å². The lowest BCUT2D eigenvalue weighted by atomic mass is 9.99. The van der Waals surface area contributed by atoms with E-state index in [4.69, 9.17) is 11.2 Å². The molecule has 1 aromatic rings. The molecule has 2 aliphatic rings. The highest BCUT2D eigenvalue weighted by molar-refractivity contribution is 5.63. The van der Waals surface area contributed by atoms with Crippen molar-refractivity contribution < 1.29 is 5.48 Å². The zero-order valence-electron chi connectivity index (χ0n) is 11.5. The van der Waals surface area contributed by atoms with Crippen LogP contribution in [0.1, 0.15) is 40.6 Å². The molecule has 0 unspecified atom stereocenters. The minimum absolute atomic E-state index is 0.363. The number of nitrogen functional groups attached to an aromatic ring is 1. The minimum Gasteiger partial charge on any atom is -0.398 e. The molecule has 0 aromatic heterocycles. The van der Waals surface area contributed by atoms with Gasteiger partial charge in [0, 0.05) is 11.2 Å². The van der Waals surface area contributed by atoms with E-state index in [1.807, 2.05) is 6.07 Å². The van der Waals surface area contributed by atoms with Gasteiger partial charge in [-0.05, 0) is 60.7 Å². The molecule has 0 saturated carbocycles. The molecule has 1 heteroatoms. The van der Waals surface area contributed by atoms with Gasteiger partial charge in [0.1, 0.15) is 0 Å². The first-order valence-corrected chi connectivity index (χ1v) is 4.78. The number of fused-ring (bicyclic) bond motifs is 2. The lowest BCUT2D eigenvalue weighted by Crippen LogP contribution is -1.99. The SMILES string of the molecule is [2H]C1([2H])CCc2cc3c(c(N)c21)C([2H])([2H])CC3. The summed E-state index contributed by atoms with van der Waals surface area (Å²) in [5.74, 6) is 0. The van der Waals surface area contributed by atoms with E-state index in [0.29, 0.717) is 42.5 Å². The third kappa shape index (κ3) is 0.932. The van der Waals surface area contributed by atoms with Crippen molar-refractivity contribution in [2.24, 2.45) is 0 Å². The summed E-state index contributed by atoms with van der Waals surface area (Å²) < 4.78 is 31.9. The zero-order valence-corrected chi connectivity index (χ0v) is 7.48. The molecule has 0 spiro atoms. The van der Waals surface area contributed by atoms with Gasteiger partial charge in [-0.2, -0.15) is 0 Å². The number of rotatable bonds is 0. The second-order valence-corrected chi connectivity index (χ2v) is 3.71. The van der Waals surface area contributed by atoms with Crippen molar-refractivity contribution in [1.29, 1.82) is 0 Å². The van der Waals surface area contributed by atoms with Gasteiger partial charge < -0.3 is 5.73 Å². The van der Waals surface area contributed by atoms with E-state index < -0.39 is 12.7 Å². The normalized spacial score (nSPS) is 31.1. The fraction of sp³-hybridized carbons (Fsp3) is 0.500. The van der Waals surface area contributed by atoms with Crippen LogP contribution in [0, 0.1) is 0 Å². The van der Waals surface area contributed by atoms with Crippen LogP contribution in [0.25, 0.3) is 0 Å². The second kappa shape index (κ2) is 2.50. The van der Waals surface area contributed by atoms with Crippen molar-refractivity contribution in [1.82, 2.24) is 0 Å². The van der Waals surface area contributed by atoms with E-state index in [-0.39, 0.29) is 0 Å². The van der Waals surface area contributed by atoms with E-state index in [1.54, 1.807) is 0 Å². The highest BCUT2D eigenvalue weighted by atomic mass is 14.6. The Morgan fingerprint density at radius 2 is 1.62 bits per heavy atom. The van der Waals surface area contributed by atoms with E-state index in [2.05, 4.69) is 0 Å². The van der Waals surface area contributed by atoms with Crippen molar-refractivity contribution in [2.45, 2.75) is 38.4 Å². The molecule has 1 nitrogen and oxygen atoms in total. The van der Waals surface area contributed by atoms with E-state index in [9.17, 15) is 0 Å². The van der Waals surface area contributed by atoms with Crippen molar-refractivity contribution >= 4 is 5.69 Å². The van der Waals surface area contributed by atoms with Gasteiger partial charge in [-0.1, -0.05) is 6.07 Å². The number of aryl methyl sites for hydroxylation is 2. The molecule has 1 aromatic carbocycles. The number of nitrogens with two attached hydrogens (primary N) is 1. The van der Waals surface area contributed by atoms with Crippen LogP contribution in [-0.2, 0) is 25.6 Å². The fourth-order valence-electron chi connectivity index (χ4n) is 2.28. The first-order valence-electron chi connectivity index (χ1n) is 6.78. The van der Waals surface area contributed by atoms with Crippen LogP contribution in [0.5, 0.6) is 0 Å². The molecule has 0 radical (unpaired) electrons. The molecule has 0 amide bonds. The van der Waals surface area contributed by atoms with Gasteiger partial charge in [0.2, 0.25) is 0 Å². The Kier molecular flexibility index (Phi) is 0.866. The molecule has 0 bridgehead atoms. The molecule has 68 valence electrons. The van der Waals surface area contributed by atoms with Crippen molar-refractivity contribution in [3.8, 4) is 0 Å². The van der Waals surface area contributed by atoms with Crippen LogP contribution >= 0.6 is 0 Å². The summed E-state index contributed by atoms with van der Waals surface area (Å²) in [4.78, 5) is 0. The molecule has 3 rings (SSSR count). The van der Waals surface area contributed by atoms with Crippen LogP contribution in [0.15, 0.2) is 6.07 Å². The van der Waals surface area contributed by atoms with Crippen LogP contribution in [0.2, 0.25) is 0 Å².